The zero-order valence-corrected chi connectivity index (χ0v) is 10.9. The van der Waals surface area contributed by atoms with Crippen LogP contribution in [-0.4, -0.2) is 26.8 Å². The normalized spacial score (nSPS) is 24.6. The van der Waals surface area contributed by atoms with Gasteiger partial charge in [-0.25, -0.2) is 0 Å². The first-order valence-electron chi connectivity index (χ1n) is 6.58. The van der Waals surface area contributed by atoms with Gasteiger partial charge in [0.05, 0.1) is 0 Å². The lowest BCUT2D eigenvalue weighted by Crippen LogP contribution is -2.28. The molecule has 1 aliphatic rings. The van der Waals surface area contributed by atoms with E-state index in [0.29, 0.717) is 6.04 Å². The van der Waals surface area contributed by atoms with E-state index in [0.717, 1.165) is 24.9 Å². The third-order valence-electron chi connectivity index (χ3n) is 3.82. The summed E-state index contributed by atoms with van der Waals surface area (Å²) in [4.78, 5) is 0. The topological polar surface area (TPSA) is 21.3 Å². The number of ether oxygens (including phenoxy) is 1. The number of nitrogens with one attached hydrogen (secondary N) is 1. The first-order valence-corrected chi connectivity index (χ1v) is 6.58. The Labute approximate surface area is 104 Å². The summed E-state index contributed by atoms with van der Waals surface area (Å²) in [5.41, 5.74) is 1.50. The van der Waals surface area contributed by atoms with Crippen LogP contribution < -0.4 is 5.32 Å². The maximum Gasteiger partial charge on any atom is 0.0462 e. The van der Waals surface area contributed by atoms with E-state index in [4.69, 9.17) is 4.74 Å². The number of benzene rings is 1. The van der Waals surface area contributed by atoms with Crippen LogP contribution in [-0.2, 0) is 4.74 Å². The van der Waals surface area contributed by atoms with Gasteiger partial charge in [-0.3, -0.25) is 0 Å². The van der Waals surface area contributed by atoms with Crippen molar-refractivity contribution in [3.05, 3.63) is 35.9 Å². The molecule has 0 bridgehead atoms. The second-order valence-corrected chi connectivity index (χ2v) is 4.95. The summed E-state index contributed by atoms with van der Waals surface area (Å²) in [5.74, 6) is 1.59. The Bertz CT molecular complexity index is 325. The summed E-state index contributed by atoms with van der Waals surface area (Å²) in [6.45, 7) is 0.876. The Balaban J connectivity index is 1.83. The molecule has 1 aromatic carbocycles. The largest absolute Gasteiger partial charge is 0.385 e. The van der Waals surface area contributed by atoms with E-state index >= 15 is 0 Å². The average molecular weight is 233 g/mol. The van der Waals surface area contributed by atoms with Crippen LogP contribution in [0.15, 0.2) is 30.3 Å². The minimum Gasteiger partial charge on any atom is -0.385 e. The van der Waals surface area contributed by atoms with E-state index in [1.807, 2.05) is 0 Å². The van der Waals surface area contributed by atoms with E-state index in [1.54, 1.807) is 7.11 Å². The standard InChI is InChI=1S/C15H23NO/c1-16-15(9-6-10-17-2)14-11-13(14)12-7-4-3-5-8-12/h3-5,7-8,13-16H,6,9-11H2,1-2H3. The highest BCUT2D eigenvalue weighted by Crippen LogP contribution is 2.50. The van der Waals surface area contributed by atoms with E-state index in [2.05, 4.69) is 42.7 Å². The molecule has 3 atom stereocenters. The highest BCUT2D eigenvalue weighted by molar-refractivity contribution is 5.26. The predicted octanol–water partition coefficient (Wildman–Crippen LogP) is 2.80. The smallest absolute Gasteiger partial charge is 0.0462 e. The van der Waals surface area contributed by atoms with Crippen LogP contribution in [0.25, 0.3) is 0 Å². The zero-order chi connectivity index (χ0) is 12.1. The molecular formula is C15H23NO. The van der Waals surface area contributed by atoms with Gasteiger partial charge in [-0.2, -0.15) is 0 Å². The molecule has 1 aliphatic carbocycles. The van der Waals surface area contributed by atoms with Gasteiger partial charge in [0.1, 0.15) is 0 Å². The van der Waals surface area contributed by atoms with Crippen molar-refractivity contribution in [3.63, 3.8) is 0 Å². The molecule has 1 aromatic rings. The third-order valence-corrected chi connectivity index (χ3v) is 3.82. The molecule has 0 radical (unpaired) electrons. The second-order valence-electron chi connectivity index (χ2n) is 4.95. The van der Waals surface area contributed by atoms with Gasteiger partial charge in [0.15, 0.2) is 0 Å². The summed E-state index contributed by atoms with van der Waals surface area (Å²) >= 11 is 0. The molecule has 0 saturated heterocycles. The van der Waals surface area contributed by atoms with Crippen molar-refractivity contribution in [1.29, 1.82) is 0 Å². The Morgan fingerprint density at radius 1 is 1.35 bits per heavy atom. The lowest BCUT2D eigenvalue weighted by molar-refractivity contribution is 0.187. The molecule has 1 saturated carbocycles. The van der Waals surface area contributed by atoms with Crippen LogP contribution in [0.5, 0.6) is 0 Å². The molecule has 0 aliphatic heterocycles. The van der Waals surface area contributed by atoms with E-state index in [-0.39, 0.29) is 0 Å². The Kier molecular flexibility index (Phi) is 4.57. The maximum absolute atomic E-state index is 5.12. The van der Waals surface area contributed by atoms with Gasteiger partial charge in [-0.15, -0.1) is 0 Å². The van der Waals surface area contributed by atoms with Crippen LogP contribution in [0.4, 0.5) is 0 Å². The van der Waals surface area contributed by atoms with Crippen molar-refractivity contribution in [2.75, 3.05) is 20.8 Å². The maximum atomic E-state index is 5.12. The van der Waals surface area contributed by atoms with Crippen LogP contribution >= 0.6 is 0 Å². The second kappa shape index (κ2) is 6.18. The summed E-state index contributed by atoms with van der Waals surface area (Å²) < 4.78 is 5.12. The van der Waals surface area contributed by atoms with E-state index in [9.17, 15) is 0 Å². The van der Waals surface area contributed by atoms with Gasteiger partial charge in [0, 0.05) is 19.8 Å². The quantitative estimate of drug-likeness (QED) is 0.731. The molecule has 2 nitrogen and oxygen atoms in total. The third kappa shape index (κ3) is 3.30. The fourth-order valence-electron chi connectivity index (χ4n) is 2.76. The molecule has 0 heterocycles. The molecule has 0 aromatic heterocycles. The highest BCUT2D eigenvalue weighted by atomic mass is 16.5. The zero-order valence-electron chi connectivity index (χ0n) is 10.9. The minimum absolute atomic E-state index is 0.648. The van der Waals surface area contributed by atoms with Crippen molar-refractivity contribution < 1.29 is 4.74 Å². The molecule has 94 valence electrons. The molecule has 1 fully saturated rings. The van der Waals surface area contributed by atoms with Gasteiger partial charge in [-0.05, 0) is 43.7 Å². The Hall–Kier alpha value is -0.860. The van der Waals surface area contributed by atoms with Crippen molar-refractivity contribution in [3.8, 4) is 0 Å². The van der Waals surface area contributed by atoms with Crippen molar-refractivity contribution in [1.82, 2.24) is 5.32 Å². The molecule has 17 heavy (non-hydrogen) atoms. The fraction of sp³-hybridized carbons (Fsp3) is 0.600. The highest BCUT2D eigenvalue weighted by Gasteiger charge is 2.42. The fourth-order valence-corrected chi connectivity index (χ4v) is 2.76. The molecule has 2 heteroatoms. The Morgan fingerprint density at radius 2 is 2.12 bits per heavy atom. The molecule has 0 amide bonds. The first kappa shape index (κ1) is 12.6. The predicted molar refractivity (Wildman–Crippen MR) is 71.2 cm³/mol. The number of methoxy groups -OCH3 is 1. The molecule has 1 N–H and O–H groups in total. The number of rotatable bonds is 7. The summed E-state index contributed by atoms with van der Waals surface area (Å²) in [7, 11) is 3.86. The number of hydrogen-bond acceptors (Lipinski definition) is 2. The van der Waals surface area contributed by atoms with Gasteiger partial charge < -0.3 is 10.1 Å². The monoisotopic (exact) mass is 233 g/mol. The van der Waals surface area contributed by atoms with Crippen LogP contribution in [0.2, 0.25) is 0 Å². The molecule has 2 rings (SSSR count). The molecule has 3 unspecified atom stereocenters. The average Bonchev–Trinajstić information content (AvgIpc) is 3.16. The number of hydrogen-bond donors (Lipinski definition) is 1. The van der Waals surface area contributed by atoms with Crippen LogP contribution in [0, 0.1) is 5.92 Å². The van der Waals surface area contributed by atoms with Crippen LogP contribution in [0.3, 0.4) is 0 Å². The van der Waals surface area contributed by atoms with Gasteiger partial charge >= 0.3 is 0 Å². The van der Waals surface area contributed by atoms with Crippen molar-refractivity contribution in [2.24, 2.45) is 5.92 Å². The molecular weight excluding hydrogens is 210 g/mol. The Morgan fingerprint density at radius 3 is 2.76 bits per heavy atom. The first-order chi connectivity index (χ1) is 8.36. The molecule has 0 spiro atoms. The van der Waals surface area contributed by atoms with E-state index < -0.39 is 0 Å². The van der Waals surface area contributed by atoms with Gasteiger partial charge in [0.2, 0.25) is 0 Å². The minimum atomic E-state index is 0.648. The lowest BCUT2D eigenvalue weighted by Gasteiger charge is -2.16. The SMILES string of the molecule is CNC(CCCOC)C1CC1c1ccccc1. The van der Waals surface area contributed by atoms with Crippen LogP contribution in [0.1, 0.15) is 30.7 Å². The lowest BCUT2D eigenvalue weighted by atomic mass is 10.0. The summed E-state index contributed by atoms with van der Waals surface area (Å²) in [6, 6.07) is 11.5. The van der Waals surface area contributed by atoms with E-state index in [1.165, 1.54) is 18.4 Å². The summed E-state index contributed by atoms with van der Waals surface area (Å²) in [5, 5.41) is 3.47. The summed E-state index contributed by atoms with van der Waals surface area (Å²) in [6.07, 6.45) is 3.71. The van der Waals surface area contributed by atoms with Gasteiger partial charge in [-0.1, -0.05) is 30.3 Å². The van der Waals surface area contributed by atoms with Crippen molar-refractivity contribution >= 4 is 0 Å². The van der Waals surface area contributed by atoms with Crippen molar-refractivity contribution in [2.45, 2.75) is 31.2 Å². The van der Waals surface area contributed by atoms with Gasteiger partial charge in [0.25, 0.3) is 0 Å².